The summed E-state index contributed by atoms with van der Waals surface area (Å²) in [6, 6.07) is 0. The van der Waals surface area contributed by atoms with Crippen LogP contribution in [0.3, 0.4) is 0 Å². The van der Waals surface area contributed by atoms with Gasteiger partial charge in [0.25, 0.3) is 0 Å². The Morgan fingerprint density at radius 2 is 2.25 bits per heavy atom. The van der Waals surface area contributed by atoms with Crippen LogP contribution in [0.25, 0.3) is 5.95 Å². The van der Waals surface area contributed by atoms with E-state index in [0.29, 0.717) is 18.4 Å². The Morgan fingerprint density at radius 3 is 2.85 bits per heavy atom. The first-order valence-corrected chi connectivity index (χ1v) is 6.77. The fraction of sp³-hybridized carbons (Fsp3) is 0.500. The summed E-state index contributed by atoms with van der Waals surface area (Å²) in [4.78, 5) is 16.4. The van der Waals surface area contributed by atoms with E-state index in [0.717, 1.165) is 12.8 Å². The molecule has 106 valence electrons. The van der Waals surface area contributed by atoms with Crippen LogP contribution in [-0.2, 0) is 4.74 Å². The lowest BCUT2D eigenvalue weighted by atomic mass is 9.80. The second-order valence-electron chi connectivity index (χ2n) is 4.79. The maximum Gasteiger partial charge on any atom is 0.241 e. The third kappa shape index (κ3) is 2.59. The number of anilines is 1. The van der Waals surface area contributed by atoms with Crippen molar-refractivity contribution in [1.82, 2.24) is 24.5 Å². The summed E-state index contributed by atoms with van der Waals surface area (Å²) in [6.07, 6.45) is 8.29. The zero-order valence-electron chi connectivity index (χ0n) is 11.1. The molecule has 1 saturated carbocycles. The molecular formula is C12H15ClN6O. The van der Waals surface area contributed by atoms with Gasteiger partial charge >= 0.3 is 0 Å². The van der Waals surface area contributed by atoms with E-state index >= 15 is 0 Å². The third-order valence-electron chi connectivity index (χ3n) is 3.60. The fourth-order valence-electron chi connectivity index (χ4n) is 2.18. The third-order valence-corrected chi connectivity index (χ3v) is 3.77. The summed E-state index contributed by atoms with van der Waals surface area (Å²) < 4.78 is 7.22. The lowest BCUT2D eigenvalue weighted by Crippen LogP contribution is -2.45. The first-order valence-electron chi connectivity index (χ1n) is 6.40. The van der Waals surface area contributed by atoms with Crippen molar-refractivity contribution in [3.8, 4) is 5.95 Å². The molecule has 1 fully saturated rings. The standard InChI is InChI=1S/C12H15ClN6O/c1-20-12(3-2-4-12)7-15-10-16-9(13)17-11(18-10)19-6-5-14-8-19/h5-6,8H,2-4,7H2,1H3,(H,15,16,17,18). The molecule has 20 heavy (non-hydrogen) atoms. The van der Waals surface area contributed by atoms with Gasteiger partial charge in [-0.25, -0.2) is 4.98 Å². The van der Waals surface area contributed by atoms with Gasteiger partial charge in [0.1, 0.15) is 6.33 Å². The van der Waals surface area contributed by atoms with E-state index in [4.69, 9.17) is 16.3 Å². The summed E-state index contributed by atoms with van der Waals surface area (Å²) >= 11 is 5.93. The summed E-state index contributed by atoms with van der Waals surface area (Å²) in [5.74, 6) is 0.877. The molecule has 7 nitrogen and oxygen atoms in total. The highest BCUT2D eigenvalue weighted by Crippen LogP contribution is 2.34. The highest BCUT2D eigenvalue weighted by atomic mass is 35.5. The topological polar surface area (TPSA) is 77.8 Å². The number of hydrogen-bond donors (Lipinski definition) is 1. The maximum atomic E-state index is 5.93. The van der Waals surface area contributed by atoms with Crippen LogP contribution in [0.5, 0.6) is 0 Å². The summed E-state index contributed by atoms with van der Waals surface area (Å²) in [7, 11) is 1.73. The quantitative estimate of drug-likeness (QED) is 0.904. The van der Waals surface area contributed by atoms with E-state index in [1.807, 2.05) is 0 Å². The van der Waals surface area contributed by atoms with E-state index in [1.165, 1.54) is 6.42 Å². The van der Waals surface area contributed by atoms with Crippen molar-refractivity contribution in [2.75, 3.05) is 19.0 Å². The molecule has 0 radical (unpaired) electrons. The number of nitrogens with zero attached hydrogens (tertiary/aromatic N) is 5. The van der Waals surface area contributed by atoms with Crippen molar-refractivity contribution >= 4 is 17.5 Å². The Hall–Kier alpha value is -1.73. The smallest absolute Gasteiger partial charge is 0.241 e. The van der Waals surface area contributed by atoms with Gasteiger partial charge in [0.15, 0.2) is 0 Å². The van der Waals surface area contributed by atoms with E-state index < -0.39 is 0 Å². The summed E-state index contributed by atoms with van der Waals surface area (Å²) in [5, 5.41) is 3.32. The zero-order chi connectivity index (χ0) is 14.0. The van der Waals surface area contributed by atoms with Crippen molar-refractivity contribution in [3.05, 3.63) is 24.0 Å². The van der Waals surface area contributed by atoms with Gasteiger partial charge in [-0.2, -0.15) is 15.0 Å². The number of hydrogen-bond acceptors (Lipinski definition) is 6. The maximum absolute atomic E-state index is 5.93. The fourth-order valence-corrected chi connectivity index (χ4v) is 2.33. The molecule has 8 heteroatoms. The molecule has 0 atom stereocenters. The van der Waals surface area contributed by atoms with Gasteiger partial charge in [-0.05, 0) is 30.9 Å². The van der Waals surface area contributed by atoms with Gasteiger partial charge in [-0.15, -0.1) is 0 Å². The van der Waals surface area contributed by atoms with E-state index in [1.54, 1.807) is 30.4 Å². The molecule has 2 heterocycles. The number of ether oxygens (including phenoxy) is 1. The average molecular weight is 295 g/mol. The Morgan fingerprint density at radius 1 is 1.40 bits per heavy atom. The minimum absolute atomic E-state index is 0.103. The largest absolute Gasteiger partial charge is 0.376 e. The number of aromatic nitrogens is 5. The monoisotopic (exact) mass is 294 g/mol. The molecule has 2 aromatic heterocycles. The number of imidazole rings is 1. The Labute approximate surface area is 121 Å². The summed E-state index contributed by atoms with van der Waals surface area (Å²) in [6.45, 7) is 0.660. The molecule has 0 bridgehead atoms. The molecule has 0 aliphatic heterocycles. The molecule has 0 aromatic carbocycles. The van der Waals surface area contributed by atoms with Gasteiger partial charge in [-0.1, -0.05) is 0 Å². The first kappa shape index (κ1) is 13.3. The van der Waals surface area contributed by atoms with E-state index in [2.05, 4.69) is 25.3 Å². The molecule has 0 unspecified atom stereocenters. The predicted molar refractivity (Wildman–Crippen MR) is 74.0 cm³/mol. The van der Waals surface area contributed by atoms with Crippen LogP contribution in [0.15, 0.2) is 18.7 Å². The van der Waals surface area contributed by atoms with Crippen LogP contribution >= 0.6 is 11.6 Å². The Kier molecular flexibility index (Phi) is 3.54. The van der Waals surface area contributed by atoms with Crippen molar-refractivity contribution in [1.29, 1.82) is 0 Å². The van der Waals surface area contributed by atoms with Crippen LogP contribution in [-0.4, -0.2) is 43.8 Å². The van der Waals surface area contributed by atoms with E-state index in [9.17, 15) is 0 Å². The number of rotatable bonds is 5. The Balaban J connectivity index is 1.76. The molecule has 1 aliphatic carbocycles. The lowest BCUT2D eigenvalue weighted by Gasteiger charge is -2.40. The highest BCUT2D eigenvalue weighted by Gasteiger charge is 2.36. The van der Waals surface area contributed by atoms with Gasteiger partial charge in [0, 0.05) is 26.0 Å². The second-order valence-corrected chi connectivity index (χ2v) is 5.13. The Bertz CT molecular complexity index is 578. The lowest BCUT2D eigenvalue weighted by molar-refractivity contribution is -0.0602. The molecule has 0 spiro atoms. The van der Waals surface area contributed by atoms with Gasteiger partial charge in [0.2, 0.25) is 17.2 Å². The molecular weight excluding hydrogens is 280 g/mol. The van der Waals surface area contributed by atoms with Crippen LogP contribution in [0.1, 0.15) is 19.3 Å². The van der Waals surface area contributed by atoms with Gasteiger partial charge in [-0.3, -0.25) is 4.57 Å². The SMILES string of the molecule is COC1(CNc2nc(Cl)nc(-n3ccnc3)n2)CCC1. The summed E-state index contributed by atoms with van der Waals surface area (Å²) in [5.41, 5.74) is -0.103. The first-order chi connectivity index (χ1) is 9.71. The average Bonchev–Trinajstić information content (AvgIpc) is 2.91. The van der Waals surface area contributed by atoms with Crippen LogP contribution < -0.4 is 5.32 Å². The molecule has 0 amide bonds. The van der Waals surface area contributed by atoms with Crippen LogP contribution in [0, 0.1) is 0 Å². The van der Waals surface area contributed by atoms with Crippen molar-refractivity contribution < 1.29 is 4.74 Å². The van der Waals surface area contributed by atoms with Gasteiger partial charge < -0.3 is 10.1 Å². The molecule has 2 aromatic rings. The predicted octanol–water partition coefficient (Wildman–Crippen LogP) is 1.69. The molecule has 1 N–H and O–H groups in total. The normalized spacial score (nSPS) is 16.7. The number of nitrogens with one attached hydrogen (secondary N) is 1. The van der Waals surface area contributed by atoms with Crippen molar-refractivity contribution in [2.45, 2.75) is 24.9 Å². The van der Waals surface area contributed by atoms with Crippen LogP contribution in [0.4, 0.5) is 5.95 Å². The molecule has 1 aliphatic rings. The second kappa shape index (κ2) is 5.34. The van der Waals surface area contributed by atoms with Crippen molar-refractivity contribution in [2.24, 2.45) is 0 Å². The molecule has 3 rings (SSSR count). The minimum Gasteiger partial charge on any atom is -0.376 e. The highest BCUT2D eigenvalue weighted by molar-refractivity contribution is 6.28. The van der Waals surface area contributed by atoms with E-state index in [-0.39, 0.29) is 10.9 Å². The zero-order valence-corrected chi connectivity index (χ0v) is 11.8. The van der Waals surface area contributed by atoms with Crippen LogP contribution in [0.2, 0.25) is 5.28 Å². The minimum atomic E-state index is -0.103. The van der Waals surface area contributed by atoms with Gasteiger partial charge in [0.05, 0.1) is 5.60 Å². The number of halogens is 1. The number of methoxy groups -OCH3 is 1. The van der Waals surface area contributed by atoms with Crippen molar-refractivity contribution in [3.63, 3.8) is 0 Å². The molecule has 0 saturated heterocycles.